The smallest absolute Gasteiger partial charge is 0.131 e. The van der Waals surface area contributed by atoms with Crippen LogP contribution >= 0.6 is 0 Å². The predicted molar refractivity (Wildman–Crippen MR) is 71.5 cm³/mol. The quantitative estimate of drug-likeness (QED) is 0.570. The van der Waals surface area contributed by atoms with E-state index in [9.17, 15) is 5.11 Å². The SMILES string of the molecule is CCCCC#C[C@]1(O)C[C@H]2CC[C@@]1(C)C2(C)C. The molecule has 2 aliphatic carbocycles. The summed E-state index contributed by atoms with van der Waals surface area (Å²) in [6.45, 7) is 9.06. The first kappa shape index (κ1) is 13.0. The van der Waals surface area contributed by atoms with Crippen molar-refractivity contribution in [3.05, 3.63) is 0 Å². The van der Waals surface area contributed by atoms with E-state index in [1.54, 1.807) is 0 Å². The summed E-state index contributed by atoms with van der Waals surface area (Å²) < 4.78 is 0. The number of hydrogen-bond acceptors (Lipinski definition) is 1. The van der Waals surface area contributed by atoms with Crippen LogP contribution in [0.3, 0.4) is 0 Å². The Morgan fingerprint density at radius 2 is 2.00 bits per heavy atom. The molecule has 2 saturated carbocycles. The van der Waals surface area contributed by atoms with Gasteiger partial charge in [-0.1, -0.05) is 40.0 Å². The number of aliphatic hydroxyl groups is 1. The number of fused-ring (bicyclic) bond motifs is 2. The van der Waals surface area contributed by atoms with Crippen molar-refractivity contribution in [3.8, 4) is 11.8 Å². The van der Waals surface area contributed by atoms with E-state index in [0.29, 0.717) is 5.92 Å². The van der Waals surface area contributed by atoms with E-state index < -0.39 is 5.60 Å². The maximum absolute atomic E-state index is 10.9. The van der Waals surface area contributed by atoms with E-state index >= 15 is 0 Å². The van der Waals surface area contributed by atoms with Gasteiger partial charge in [0, 0.05) is 11.8 Å². The van der Waals surface area contributed by atoms with Crippen LogP contribution in [0.15, 0.2) is 0 Å². The van der Waals surface area contributed by atoms with E-state index in [4.69, 9.17) is 0 Å². The van der Waals surface area contributed by atoms with Crippen molar-refractivity contribution in [1.82, 2.24) is 0 Å². The minimum Gasteiger partial charge on any atom is -0.377 e. The molecule has 3 atom stereocenters. The molecule has 0 amide bonds. The zero-order chi connectivity index (χ0) is 12.7. The Morgan fingerprint density at radius 1 is 1.29 bits per heavy atom. The van der Waals surface area contributed by atoms with Crippen molar-refractivity contribution >= 4 is 0 Å². The second kappa shape index (κ2) is 4.02. The zero-order valence-corrected chi connectivity index (χ0v) is 11.8. The van der Waals surface area contributed by atoms with E-state index in [-0.39, 0.29) is 10.8 Å². The van der Waals surface area contributed by atoms with Gasteiger partial charge in [-0.05, 0) is 37.0 Å². The Kier molecular flexibility index (Phi) is 3.07. The van der Waals surface area contributed by atoms with Gasteiger partial charge in [0.15, 0.2) is 0 Å². The van der Waals surface area contributed by atoms with Gasteiger partial charge in [0.1, 0.15) is 5.60 Å². The highest BCUT2D eigenvalue weighted by Crippen LogP contribution is 2.69. The summed E-state index contributed by atoms with van der Waals surface area (Å²) in [6.07, 6.45) is 6.53. The predicted octanol–water partition coefficient (Wildman–Crippen LogP) is 3.76. The molecule has 0 spiro atoms. The van der Waals surface area contributed by atoms with Crippen LogP contribution < -0.4 is 0 Å². The molecule has 0 aliphatic heterocycles. The molecule has 1 heteroatoms. The molecular formula is C16H26O. The summed E-state index contributed by atoms with van der Waals surface area (Å²) in [5, 5.41) is 10.9. The summed E-state index contributed by atoms with van der Waals surface area (Å²) in [5.41, 5.74) is -0.502. The number of hydrogen-bond donors (Lipinski definition) is 1. The number of unbranched alkanes of at least 4 members (excludes halogenated alkanes) is 2. The van der Waals surface area contributed by atoms with Gasteiger partial charge in [0.05, 0.1) is 0 Å². The normalized spacial score (nSPS) is 42.3. The fraction of sp³-hybridized carbons (Fsp3) is 0.875. The molecule has 1 nitrogen and oxygen atoms in total. The summed E-state index contributed by atoms with van der Waals surface area (Å²) in [5.74, 6) is 7.09. The standard InChI is InChI=1S/C16H26O/c1-5-6-7-8-10-16(17)12-13-9-11-15(16,4)14(13,2)3/h13,17H,5-7,9,11-12H2,1-4H3/t13-,15+,16+/m1/s1. The molecule has 1 N–H and O–H groups in total. The third-order valence-electron chi connectivity index (χ3n) is 5.84. The van der Waals surface area contributed by atoms with Crippen molar-refractivity contribution in [3.63, 3.8) is 0 Å². The van der Waals surface area contributed by atoms with Gasteiger partial charge in [0.25, 0.3) is 0 Å². The van der Waals surface area contributed by atoms with Crippen LogP contribution in [0.2, 0.25) is 0 Å². The maximum Gasteiger partial charge on any atom is 0.131 e. The molecule has 2 fully saturated rings. The molecule has 0 radical (unpaired) electrons. The van der Waals surface area contributed by atoms with Crippen LogP contribution in [0.4, 0.5) is 0 Å². The second-order valence-corrected chi connectivity index (χ2v) is 6.76. The first-order valence-electron chi connectivity index (χ1n) is 7.10. The molecule has 2 bridgehead atoms. The first-order valence-corrected chi connectivity index (χ1v) is 7.10. The fourth-order valence-electron chi connectivity index (χ4n) is 3.94. The lowest BCUT2D eigenvalue weighted by molar-refractivity contribution is -0.0433. The summed E-state index contributed by atoms with van der Waals surface area (Å²) in [7, 11) is 0. The Balaban J connectivity index is 2.20. The average molecular weight is 234 g/mol. The summed E-state index contributed by atoms with van der Waals surface area (Å²) in [6, 6.07) is 0. The second-order valence-electron chi connectivity index (χ2n) is 6.76. The molecular weight excluding hydrogens is 208 g/mol. The molecule has 0 heterocycles. The van der Waals surface area contributed by atoms with E-state index in [0.717, 1.165) is 25.7 Å². The topological polar surface area (TPSA) is 20.2 Å². The monoisotopic (exact) mass is 234 g/mol. The lowest BCUT2D eigenvalue weighted by Gasteiger charge is -2.42. The van der Waals surface area contributed by atoms with Crippen LogP contribution in [0.1, 0.15) is 66.2 Å². The van der Waals surface area contributed by atoms with Crippen LogP contribution in [0, 0.1) is 28.6 Å². The van der Waals surface area contributed by atoms with Gasteiger partial charge in [-0.25, -0.2) is 0 Å². The van der Waals surface area contributed by atoms with Gasteiger partial charge in [-0.3, -0.25) is 0 Å². The molecule has 17 heavy (non-hydrogen) atoms. The van der Waals surface area contributed by atoms with E-state index in [1.807, 2.05) is 0 Å². The molecule has 2 aliphatic rings. The molecule has 0 unspecified atom stereocenters. The Morgan fingerprint density at radius 3 is 2.47 bits per heavy atom. The fourth-order valence-corrected chi connectivity index (χ4v) is 3.94. The highest BCUT2D eigenvalue weighted by molar-refractivity contribution is 5.29. The van der Waals surface area contributed by atoms with Gasteiger partial charge < -0.3 is 5.11 Å². The van der Waals surface area contributed by atoms with Gasteiger partial charge in [0.2, 0.25) is 0 Å². The maximum atomic E-state index is 10.9. The minimum atomic E-state index is -0.729. The summed E-state index contributed by atoms with van der Waals surface area (Å²) in [4.78, 5) is 0. The highest BCUT2D eigenvalue weighted by atomic mass is 16.3. The largest absolute Gasteiger partial charge is 0.377 e. The van der Waals surface area contributed by atoms with Gasteiger partial charge in [-0.15, -0.1) is 5.92 Å². The van der Waals surface area contributed by atoms with Crippen LogP contribution in [-0.2, 0) is 0 Å². The Labute approximate surface area is 106 Å². The van der Waals surface area contributed by atoms with E-state index in [1.165, 1.54) is 12.8 Å². The van der Waals surface area contributed by atoms with Crippen molar-refractivity contribution in [2.24, 2.45) is 16.7 Å². The molecule has 2 rings (SSSR count). The van der Waals surface area contributed by atoms with Crippen LogP contribution in [0.25, 0.3) is 0 Å². The van der Waals surface area contributed by atoms with Crippen molar-refractivity contribution in [2.75, 3.05) is 0 Å². The van der Waals surface area contributed by atoms with Crippen LogP contribution in [-0.4, -0.2) is 10.7 Å². The minimum absolute atomic E-state index is 0.0100. The van der Waals surface area contributed by atoms with Crippen molar-refractivity contribution in [2.45, 2.75) is 71.8 Å². The molecule has 96 valence electrons. The molecule has 0 saturated heterocycles. The Bertz CT molecular complexity index is 359. The average Bonchev–Trinajstić information content (AvgIpc) is 2.56. The molecule has 0 aromatic carbocycles. The van der Waals surface area contributed by atoms with Gasteiger partial charge in [-0.2, -0.15) is 0 Å². The lowest BCUT2D eigenvalue weighted by atomic mass is 9.64. The molecule has 0 aromatic rings. The number of rotatable bonds is 2. The summed E-state index contributed by atoms with van der Waals surface area (Å²) >= 11 is 0. The first-order chi connectivity index (χ1) is 7.87. The highest BCUT2D eigenvalue weighted by Gasteiger charge is 2.68. The Hall–Kier alpha value is -0.480. The molecule has 0 aromatic heterocycles. The third kappa shape index (κ3) is 1.65. The van der Waals surface area contributed by atoms with Crippen LogP contribution in [0.5, 0.6) is 0 Å². The van der Waals surface area contributed by atoms with Crippen molar-refractivity contribution < 1.29 is 5.11 Å². The lowest BCUT2D eigenvalue weighted by Crippen LogP contribution is -2.46. The van der Waals surface area contributed by atoms with Crippen molar-refractivity contribution in [1.29, 1.82) is 0 Å². The zero-order valence-electron chi connectivity index (χ0n) is 11.8. The van der Waals surface area contributed by atoms with E-state index in [2.05, 4.69) is 39.5 Å². The van der Waals surface area contributed by atoms with Gasteiger partial charge >= 0.3 is 0 Å². The third-order valence-corrected chi connectivity index (χ3v) is 5.84.